The van der Waals surface area contributed by atoms with Gasteiger partial charge in [-0.25, -0.2) is 4.68 Å². The lowest BCUT2D eigenvalue weighted by atomic mass is 10.1. The van der Waals surface area contributed by atoms with Crippen LogP contribution in [0.2, 0.25) is 5.02 Å². The molecular weight excluding hydrogens is 354 g/mol. The first-order chi connectivity index (χ1) is 10.2. The van der Waals surface area contributed by atoms with Crippen LogP contribution in [0.15, 0.2) is 59.2 Å². The Labute approximate surface area is 134 Å². The number of ketones is 1. The van der Waals surface area contributed by atoms with Crippen LogP contribution >= 0.6 is 27.5 Å². The van der Waals surface area contributed by atoms with Crippen molar-refractivity contribution in [3.05, 3.63) is 75.5 Å². The van der Waals surface area contributed by atoms with Gasteiger partial charge in [0, 0.05) is 10.0 Å². The maximum Gasteiger partial charge on any atom is 0.214 e. The second-order valence-electron chi connectivity index (χ2n) is 4.32. The van der Waals surface area contributed by atoms with Crippen molar-refractivity contribution in [2.24, 2.45) is 0 Å². The summed E-state index contributed by atoms with van der Waals surface area (Å²) in [6, 6.07) is 14.5. The molecule has 0 atom stereocenters. The third-order valence-electron chi connectivity index (χ3n) is 2.96. The number of halogens is 2. The molecule has 3 rings (SSSR count). The van der Waals surface area contributed by atoms with Crippen LogP contribution in [0.25, 0.3) is 5.69 Å². The van der Waals surface area contributed by atoms with Gasteiger partial charge in [0.1, 0.15) is 5.69 Å². The fourth-order valence-corrected chi connectivity index (χ4v) is 2.52. The minimum absolute atomic E-state index is 0.227. The molecule has 0 spiro atoms. The molecule has 0 saturated heterocycles. The van der Waals surface area contributed by atoms with Gasteiger partial charge in [0.15, 0.2) is 0 Å². The second kappa shape index (κ2) is 5.79. The van der Waals surface area contributed by atoms with Gasteiger partial charge in [-0.1, -0.05) is 50.9 Å². The van der Waals surface area contributed by atoms with Crippen LogP contribution in [0.4, 0.5) is 0 Å². The Balaban J connectivity index is 2.08. The molecule has 0 amide bonds. The van der Waals surface area contributed by atoms with Gasteiger partial charge in [-0.3, -0.25) is 4.79 Å². The molecule has 4 nitrogen and oxygen atoms in total. The van der Waals surface area contributed by atoms with Crippen molar-refractivity contribution in [2.75, 3.05) is 0 Å². The van der Waals surface area contributed by atoms with Crippen molar-refractivity contribution in [1.82, 2.24) is 15.0 Å². The molecule has 1 heterocycles. The van der Waals surface area contributed by atoms with Crippen molar-refractivity contribution in [2.45, 2.75) is 0 Å². The Bertz CT molecular complexity index is 802. The minimum atomic E-state index is -0.227. The van der Waals surface area contributed by atoms with Crippen molar-refractivity contribution in [1.29, 1.82) is 0 Å². The SMILES string of the molecule is O=C(c1cc(Br)ccc1Cl)c1cnnn1-c1ccccc1. The fourth-order valence-electron chi connectivity index (χ4n) is 1.96. The highest BCUT2D eigenvalue weighted by Crippen LogP contribution is 2.24. The predicted octanol–water partition coefficient (Wildman–Crippen LogP) is 3.91. The summed E-state index contributed by atoms with van der Waals surface area (Å²) in [5, 5.41) is 8.20. The highest BCUT2D eigenvalue weighted by molar-refractivity contribution is 9.10. The molecule has 0 saturated carbocycles. The summed E-state index contributed by atoms with van der Waals surface area (Å²) in [6.45, 7) is 0. The molecule has 0 N–H and O–H groups in total. The summed E-state index contributed by atoms with van der Waals surface area (Å²) in [5.41, 5.74) is 1.54. The molecule has 6 heteroatoms. The first-order valence-corrected chi connectivity index (χ1v) is 7.30. The molecule has 0 aliphatic heterocycles. The number of para-hydroxylation sites is 1. The average molecular weight is 363 g/mol. The van der Waals surface area contributed by atoms with E-state index in [-0.39, 0.29) is 5.78 Å². The van der Waals surface area contributed by atoms with Crippen molar-refractivity contribution < 1.29 is 4.79 Å². The second-order valence-corrected chi connectivity index (χ2v) is 5.64. The Morgan fingerprint density at radius 3 is 2.67 bits per heavy atom. The van der Waals surface area contributed by atoms with Crippen LogP contribution in [-0.2, 0) is 0 Å². The van der Waals surface area contributed by atoms with Crippen LogP contribution in [0, 0.1) is 0 Å². The van der Waals surface area contributed by atoms with Gasteiger partial charge in [0.25, 0.3) is 0 Å². The minimum Gasteiger partial charge on any atom is -0.287 e. The summed E-state index contributed by atoms with van der Waals surface area (Å²) >= 11 is 9.46. The van der Waals surface area contributed by atoms with Gasteiger partial charge in [-0.05, 0) is 30.3 Å². The standard InChI is InChI=1S/C15H9BrClN3O/c16-10-6-7-13(17)12(8-10)15(21)14-9-18-19-20(14)11-4-2-1-3-5-11/h1-9H. The summed E-state index contributed by atoms with van der Waals surface area (Å²) in [4.78, 5) is 12.7. The fraction of sp³-hybridized carbons (Fsp3) is 0. The number of carbonyl (C=O) groups excluding carboxylic acids is 1. The third-order valence-corrected chi connectivity index (χ3v) is 3.78. The molecule has 0 aliphatic rings. The van der Waals surface area contributed by atoms with Gasteiger partial charge >= 0.3 is 0 Å². The molecule has 0 unspecified atom stereocenters. The quantitative estimate of drug-likeness (QED) is 0.664. The van der Waals surface area contributed by atoms with Gasteiger partial charge in [0.05, 0.1) is 16.9 Å². The van der Waals surface area contributed by atoms with Crippen molar-refractivity contribution in [3.8, 4) is 5.69 Å². The zero-order valence-corrected chi connectivity index (χ0v) is 13.0. The van der Waals surface area contributed by atoms with E-state index in [2.05, 4.69) is 26.2 Å². The number of aromatic nitrogens is 3. The zero-order valence-electron chi connectivity index (χ0n) is 10.7. The average Bonchev–Trinajstić information content (AvgIpc) is 2.99. The van der Waals surface area contributed by atoms with Crippen molar-refractivity contribution >= 4 is 33.3 Å². The van der Waals surface area contributed by atoms with Crippen molar-refractivity contribution in [3.63, 3.8) is 0 Å². The summed E-state index contributed by atoms with van der Waals surface area (Å²) in [7, 11) is 0. The maximum absolute atomic E-state index is 12.7. The van der Waals surface area contributed by atoms with Crippen LogP contribution in [0.1, 0.15) is 16.1 Å². The van der Waals surface area contributed by atoms with E-state index in [0.717, 1.165) is 10.2 Å². The normalized spacial score (nSPS) is 10.6. The number of hydrogen-bond acceptors (Lipinski definition) is 3. The Hall–Kier alpha value is -1.98. The lowest BCUT2D eigenvalue weighted by molar-refractivity contribution is 0.103. The molecule has 0 bridgehead atoms. The molecule has 104 valence electrons. The highest BCUT2D eigenvalue weighted by atomic mass is 79.9. The van der Waals surface area contributed by atoms with E-state index >= 15 is 0 Å². The van der Waals surface area contributed by atoms with Crippen LogP contribution in [-0.4, -0.2) is 20.8 Å². The van der Waals surface area contributed by atoms with E-state index < -0.39 is 0 Å². The summed E-state index contributed by atoms with van der Waals surface area (Å²) in [5.74, 6) is -0.227. The molecule has 2 aromatic carbocycles. The molecular formula is C15H9BrClN3O. The lowest BCUT2D eigenvalue weighted by Gasteiger charge is -2.07. The van der Waals surface area contributed by atoms with Gasteiger partial charge in [-0.15, -0.1) is 5.10 Å². The largest absolute Gasteiger partial charge is 0.287 e. The van der Waals surface area contributed by atoms with Crippen LogP contribution in [0.3, 0.4) is 0 Å². The molecule has 0 aliphatic carbocycles. The molecule has 21 heavy (non-hydrogen) atoms. The van der Waals surface area contributed by atoms with E-state index in [1.807, 2.05) is 30.3 Å². The Morgan fingerprint density at radius 1 is 1.14 bits per heavy atom. The smallest absolute Gasteiger partial charge is 0.214 e. The van der Waals surface area contributed by atoms with Gasteiger partial charge in [0.2, 0.25) is 5.78 Å². The summed E-state index contributed by atoms with van der Waals surface area (Å²) < 4.78 is 2.29. The Morgan fingerprint density at radius 2 is 1.90 bits per heavy atom. The maximum atomic E-state index is 12.7. The monoisotopic (exact) mass is 361 g/mol. The third kappa shape index (κ3) is 2.75. The van der Waals surface area contributed by atoms with Crippen LogP contribution < -0.4 is 0 Å². The molecule has 1 aromatic heterocycles. The molecule has 0 fully saturated rings. The van der Waals surface area contributed by atoms with Gasteiger partial charge < -0.3 is 0 Å². The first kappa shape index (κ1) is 14.0. The topological polar surface area (TPSA) is 47.8 Å². The van der Waals surface area contributed by atoms with E-state index in [9.17, 15) is 4.79 Å². The van der Waals surface area contributed by atoms with E-state index in [1.165, 1.54) is 10.9 Å². The number of carbonyl (C=O) groups is 1. The lowest BCUT2D eigenvalue weighted by Crippen LogP contribution is -2.10. The highest BCUT2D eigenvalue weighted by Gasteiger charge is 2.19. The van der Waals surface area contributed by atoms with E-state index in [4.69, 9.17) is 11.6 Å². The number of nitrogens with zero attached hydrogens (tertiary/aromatic N) is 3. The zero-order chi connectivity index (χ0) is 14.8. The molecule has 3 aromatic rings. The number of hydrogen-bond donors (Lipinski definition) is 0. The first-order valence-electron chi connectivity index (χ1n) is 6.12. The predicted molar refractivity (Wildman–Crippen MR) is 83.9 cm³/mol. The van der Waals surface area contributed by atoms with Gasteiger partial charge in [-0.2, -0.15) is 0 Å². The Kier molecular flexibility index (Phi) is 3.86. The number of benzene rings is 2. The number of rotatable bonds is 3. The summed E-state index contributed by atoms with van der Waals surface area (Å²) in [6.07, 6.45) is 1.44. The molecule has 0 radical (unpaired) electrons. The van der Waals surface area contributed by atoms with E-state index in [0.29, 0.717) is 16.3 Å². The van der Waals surface area contributed by atoms with E-state index in [1.54, 1.807) is 18.2 Å². The van der Waals surface area contributed by atoms with Crippen LogP contribution in [0.5, 0.6) is 0 Å².